The zero-order chi connectivity index (χ0) is 13.0. The molecule has 0 saturated carbocycles. The lowest BCUT2D eigenvalue weighted by Crippen LogP contribution is -2.41. The van der Waals surface area contributed by atoms with Crippen molar-refractivity contribution in [2.24, 2.45) is 0 Å². The molecule has 2 unspecified atom stereocenters. The minimum Gasteiger partial charge on any atom is -0.348 e. The van der Waals surface area contributed by atoms with Crippen LogP contribution in [0.3, 0.4) is 0 Å². The van der Waals surface area contributed by atoms with Crippen LogP contribution in [0.15, 0.2) is 24.3 Å². The molecular weight excluding hydrogens is 224 g/mol. The first-order valence-corrected chi connectivity index (χ1v) is 6.83. The molecule has 1 saturated heterocycles. The van der Waals surface area contributed by atoms with E-state index in [1.807, 2.05) is 6.92 Å². The van der Waals surface area contributed by atoms with Crippen LogP contribution in [0.4, 0.5) is 0 Å². The Morgan fingerprint density at radius 3 is 2.72 bits per heavy atom. The molecule has 1 heterocycles. The summed E-state index contributed by atoms with van der Waals surface area (Å²) in [6.07, 6.45) is 3.10. The molecule has 1 aliphatic heterocycles. The van der Waals surface area contributed by atoms with Crippen molar-refractivity contribution in [1.82, 2.24) is 10.6 Å². The largest absolute Gasteiger partial charge is 0.348 e. The van der Waals surface area contributed by atoms with Gasteiger partial charge >= 0.3 is 0 Å². The second-order valence-corrected chi connectivity index (χ2v) is 4.97. The first kappa shape index (κ1) is 13.1. The standard InChI is InChI=1S/C15H22N2O/c1-3-12-6-8-13(9-7-12)11(2)17-15(18)14-5-4-10-16-14/h6-9,11,14,16H,3-5,10H2,1-2H3,(H,17,18). The van der Waals surface area contributed by atoms with Crippen molar-refractivity contribution in [3.05, 3.63) is 35.4 Å². The van der Waals surface area contributed by atoms with E-state index in [4.69, 9.17) is 0 Å². The molecule has 98 valence electrons. The Balaban J connectivity index is 1.93. The van der Waals surface area contributed by atoms with Crippen LogP contribution < -0.4 is 10.6 Å². The van der Waals surface area contributed by atoms with Gasteiger partial charge in [-0.3, -0.25) is 4.79 Å². The minimum absolute atomic E-state index is 0.00219. The summed E-state index contributed by atoms with van der Waals surface area (Å²) in [7, 11) is 0. The summed E-state index contributed by atoms with van der Waals surface area (Å²) in [5, 5.41) is 6.29. The summed E-state index contributed by atoms with van der Waals surface area (Å²) in [6.45, 7) is 5.14. The third kappa shape index (κ3) is 3.10. The van der Waals surface area contributed by atoms with Crippen molar-refractivity contribution in [3.63, 3.8) is 0 Å². The summed E-state index contributed by atoms with van der Waals surface area (Å²) in [5.74, 6) is 0.125. The van der Waals surface area contributed by atoms with Crippen LogP contribution in [0, 0.1) is 0 Å². The fourth-order valence-electron chi connectivity index (χ4n) is 2.35. The highest BCUT2D eigenvalue weighted by Crippen LogP contribution is 2.15. The number of carbonyl (C=O) groups excluding carboxylic acids is 1. The number of amides is 1. The fraction of sp³-hybridized carbons (Fsp3) is 0.533. The number of hydrogen-bond donors (Lipinski definition) is 2. The van der Waals surface area contributed by atoms with Gasteiger partial charge in [0, 0.05) is 0 Å². The maximum Gasteiger partial charge on any atom is 0.237 e. The Bertz CT molecular complexity index is 393. The quantitative estimate of drug-likeness (QED) is 0.855. The molecule has 2 rings (SSSR count). The highest BCUT2D eigenvalue weighted by atomic mass is 16.2. The van der Waals surface area contributed by atoms with Gasteiger partial charge in [0.1, 0.15) is 0 Å². The van der Waals surface area contributed by atoms with E-state index < -0.39 is 0 Å². The third-order valence-corrected chi connectivity index (χ3v) is 3.62. The number of nitrogens with one attached hydrogen (secondary N) is 2. The van der Waals surface area contributed by atoms with E-state index in [-0.39, 0.29) is 18.0 Å². The molecule has 2 atom stereocenters. The lowest BCUT2D eigenvalue weighted by atomic mass is 10.0. The summed E-state index contributed by atoms with van der Waals surface area (Å²) >= 11 is 0. The Morgan fingerprint density at radius 1 is 1.44 bits per heavy atom. The van der Waals surface area contributed by atoms with Crippen LogP contribution >= 0.6 is 0 Å². The van der Waals surface area contributed by atoms with E-state index in [0.29, 0.717) is 0 Å². The van der Waals surface area contributed by atoms with E-state index in [0.717, 1.165) is 25.8 Å². The van der Waals surface area contributed by atoms with Crippen molar-refractivity contribution in [2.45, 2.75) is 45.2 Å². The highest BCUT2D eigenvalue weighted by molar-refractivity contribution is 5.82. The number of rotatable bonds is 4. The van der Waals surface area contributed by atoms with Crippen molar-refractivity contribution >= 4 is 5.91 Å². The molecule has 1 fully saturated rings. The minimum atomic E-state index is 0.00219. The van der Waals surface area contributed by atoms with Gasteiger partial charge in [-0.25, -0.2) is 0 Å². The zero-order valence-electron chi connectivity index (χ0n) is 11.2. The molecule has 3 nitrogen and oxygen atoms in total. The highest BCUT2D eigenvalue weighted by Gasteiger charge is 2.23. The van der Waals surface area contributed by atoms with Gasteiger partial charge in [-0.2, -0.15) is 0 Å². The van der Waals surface area contributed by atoms with Gasteiger partial charge < -0.3 is 10.6 Å². The molecule has 0 bridgehead atoms. The van der Waals surface area contributed by atoms with Crippen molar-refractivity contribution < 1.29 is 4.79 Å². The van der Waals surface area contributed by atoms with Crippen molar-refractivity contribution in [1.29, 1.82) is 0 Å². The number of hydrogen-bond acceptors (Lipinski definition) is 2. The summed E-state index contributed by atoms with van der Waals surface area (Å²) in [5.41, 5.74) is 2.49. The molecule has 18 heavy (non-hydrogen) atoms. The van der Waals surface area contributed by atoms with Crippen LogP contribution in [-0.4, -0.2) is 18.5 Å². The zero-order valence-corrected chi connectivity index (χ0v) is 11.2. The maximum atomic E-state index is 12.0. The number of carbonyl (C=O) groups is 1. The van der Waals surface area contributed by atoms with Gasteiger partial charge in [0.25, 0.3) is 0 Å². The molecule has 2 N–H and O–H groups in total. The van der Waals surface area contributed by atoms with Crippen molar-refractivity contribution in [3.8, 4) is 0 Å². The van der Waals surface area contributed by atoms with Gasteiger partial charge in [0.15, 0.2) is 0 Å². The SMILES string of the molecule is CCc1ccc(C(C)NC(=O)C2CCCN2)cc1. The second-order valence-electron chi connectivity index (χ2n) is 4.97. The predicted octanol–water partition coefficient (Wildman–Crippen LogP) is 2.18. The van der Waals surface area contributed by atoms with Gasteiger partial charge in [0.05, 0.1) is 12.1 Å². The van der Waals surface area contributed by atoms with E-state index in [1.165, 1.54) is 11.1 Å². The van der Waals surface area contributed by atoms with E-state index >= 15 is 0 Å². The Hall–Kier alpha value is -1.35. The van der Waals surface area contributed by atoms with Crippen LogP contribution in [0.2, 0.25) is 0 Å². The monoisotopic (exact) mass is 246 g/mol. The number of benzene rings is 1. The molecule has 3 heteroatoms. The molecule has 1 aromatic rings. The lowest BCUT2D eigenvalue weighted by Gasteiger charge is -2.17. The maximum absolute atomic E-state index is 12.0. The molecule has 0 aliphatic carbocycles. The van der Waals surface area contributed by atoms with Gasteiger partial charge in [-0.05, 0) is 43.9 Å². The molecule has 0 spiro atoms. The summed E-state index contributed by atoms with van der Waals surface area (Å²) in [6, 6.07) is 8.54. The lowest BCUT2D eigenvalue weighted by molar-refractivity contribution is -0.123. The molecule has 1 aliphatic rings. The topological polar surface area (TPSA) is 41.1 Å². The number of aryl methyl sites for hydroxylation is 1. The fourth-order valence-corrected chi connectivity index (χ4v) is 2.35. The van der Waals surface area contributed by atoms with E-state index in [1.54, 1.807) is 0 Å². The molecular formula is C15H22N2O. The van der Waals surface area contributed by atoms with Gasteiger partial charge in [0.2, 0.25) is 5.91 Å². The normalized spacial score (nSPS) is 20.7. The molecule has 0 radical (unpaired) electrons. The van der Waals surface area contributed by atoms with E-state index in [9.17, 15) is 4.79 Å². The Kier molecular flexibility index (Phi) is 4.37. The van der Waals surface area contributed by atoms with Gasteiger partial charge in [-0.15, -0.1) is 0 Å². The molecule has 0 aromatic heterocycles. The molecule has 1 amide bonds. The Morgan fingerprint density at radius 2 is 2.17 bits per heavy atom. The van der Waals surface area contributed by atoms with Crippen LogP contribution in [0.25, 0.3) is 0 Å². The summed E-state index contributed by atoms with van der Waals surface area (Å²) < 4.78 is 0. The first-order valence-electron chi connectivity index (χ1n) is 6.83. The van der Waals surface area contributed by atoms with Crippen LogP contribution in [0.5, 0.6) is 0 Å². The van der Waals surface area contributed by atoms with Crippen LogP contribution in [0.1, 0.15) is 43.9 Å². The average molecular weight is 246 g/mol. The predicted molar refractivity (Wildman–Crippen MR) is 73.4 cm³/mol. The van der Waals surface area contributed by atoms with Gasteiger partial charge in [-0.1, -0.05) is 31.2 Å². The average Bonchev–Trinajstić information content (AvgIpc) is 2.92. The summed E-state index contributed by atoms with van der Waals surface area (Å²) in [4.78, 5) is 12.0. The second kappa shape index (κ2) is 6.01. The first-order chi connectivity index (χ1) is 8.70. The van der Waals surface area contributed by atoms with Crippen molar-refractivity contribution in [2.75, 3.05) is 6.54 Å². The molecule has 1 aromatic carbocycles. The third-order valence-electron chi connectivity index (χ3n) is 3.62. The van der Waals surface area contributed by atoms with Crippen LogP contribution in [-0.2, 0) is 11.2 Å². The Labute approximate surface area is 109 Å². The smallest absolute Gasteiger partial charge is 0.237 e. The van der Waals surface area contributed by atoms with E-state index in [2.05, 4.69) is 41.8 Å².